The predicted octanol–water partition coefficient (Wildman–Crippen LogP) is 0.957. The first-order valence-corrected chi connectivity index (χ1v) is 9.42. The van der Waals surface area contributed by atoms with Gasteiger partial charge in [-0.1, -0.05) is 0 Å². The van der Waals surface area contributed by atoms with Gasteiger partial charge in [0.1, 0.15) is 0 Å². The van der Waals surface area contributed by atoms with Crippen LogP contribution in [0, 0.1) is 18.3 Å². The summed E-state index contributed by atoms with van der Waals surface area (Å²) in [6, 6.07) is 7.33. The highest BCUT2D eigenvalue weighted by atomic mass is 35.5. The van der Waals surface area contributed by atoms with Crippen LogP contribution in [0.2, 0.25) is 0 Å². The molecule has 0 aliphatic carbocycles. The number of nitriles is 1. The fraction of sp³-hybridized carbons (Fsp3) is 0.562. The monoisotopic (exact) mass is 370 g/mol. The molecule has 0 saturated carbocycles. The molecule has 132 valence electrons. The Balaban J connectivity index is 0.00000208. The zero-order valence-corrected chi connectivity index (χ0v) is 15.4. The molecular formula is C16H23ClN4O2S. The van der Waals surface area contributed by atoms with Crippen LogP contribution in [0.25, 0.3) is 0 Å². The minimum atomic E-state index is -3.48. The molecule has 1 aromatic carbocycles. The molecule has 6 nitrogen and oxygen atoms in total. The molecule has 1 unspecified atom stereocenters. The maximum Gasteiger partial charge on any atom is 0.243 e. The molecule has 2 aliphatic heterocycles. The molecule has 2 saturated heterocycles. The normalized spacial score (nSPS) is 22.8. The first-order chi connectivity index (χ1) is 11.0. The van der Waals surface area contributed by atoms with E-state index in [0.717, 1.165) is 32.6 Å². The number of hydrogen-bond acceptors (Lipinski definition) is 5. The minimum Gasteiger partial charge on any atom is -0.315 e. The number of hydrogen-bond donors (Lipinski definition) is 1. The largest absolute Gasteiger partial charge is 0.315 e. The van der Waals surface area contributed by atoms with Crippen molar-refractivity contribution in [1.29, 1.82) is 5.26 Å². The summed E-state index contributed by atoms with van der Waals surface area (Å²) in [5.74, 6) is 0. The Morgan fingerprint density at radius 3 is 2.50 bits per heavy atom. The van der Waals surface area contributed by atoms with Gasteiger partial charge in [0, 0.05) is 38.8 Å². The molecule has 0 bridgehead atoms. The van der Waals surface area contributed by atoms with Gasteiger partial charge in [0.15, 0.2) is 0 Å². The maximum absolute atomic E-state index is 12.8. The zero-order valence-electron chi connectivity index (χ0n) is 13.7. The maximum atomic E-state index is 12.8. The quantitative estimate of drug-likeness (QED) is 0.857. The second kappa shape index (κ2) is 7.81. The van der Waals surface area contributed by atoms with Crippen molar-refractivity contribution in [1.82, 2.24) is 14.5 Å². The molecule has 0 amide bonds. The van der Waals surface area contributed by atoms with Crippen molar-refractivity contribution in [2.45, 2.75) is 24.3 Å². The van der Waals surface area contributed by atoms with Crippen LogP contribution in [0.5, 0.6) is 0 Å². The molecule has 2 fully saturated rings. The Kier molecular flexibility index (Phi) is 6.23. The number of piperazine rings is 1. The van der Waals surface area contributed by atoms with E-state index in [1.165, 1.54) is 0 Å². The first-order valence-electron chi connectivity index (χ1n) is 7.98. The lowest BCUT2D eigenvalue weighted by Crippen LogP contribution is -2.52. The van der Waals surface area contributed by atoms with Gasteiger partial charge in [0.05, 0.1) is 16.5 Å². The van der Waals surface area contributed by atoms with Gasteiger partial charge in [-0.05, 0) is 43.7 Å². The molecule has 1 atom stereocenters. The van der Waals surface area contributed by atoms with E-state index in [1.807, 2.05) is 6.07 Å². The third-order valence-corrected chi connectivity index (χ3v) is 6.80. The van der Waals surface area contributed by atoms with E-state index in [9.17, 15) is 8.42 Å². The Bertz CT molecular complexity index is 718. The number of nitrogens with zero attached hydrogens (tertiary/aromatic N) is 3. The van der Waals surface area contributed by atoms with Crippen molar-refractivity contribution in [3.63, 3.8) is 0 Å². The van der Waals surface area contributed by atoms with Crippen LogP contribution in [0.1, 0.15) is 17.5 Å². The Morgan fingerprint density at radius 1 is 1.25 bits per heavy atom. The lowest BCUT2D eigenvalue weighted by Gasteiger charge is -2.37. The summed E-state index contributed by atoms with van der Waals surface area (Å²) < 4.78 is 27.3. The highest BCUT2D eigenvalue weighted by molar-refractivity contribution is 7.89. The van der Waals surface area contributed by atoms with Crippen molar-refractivity contribution < 1.29 is 8.42 Å². The lowest BCUT2D eigenvalue weighted by atomic mass is 10.2. The van der Waals surface area contributed by atoms with Crippen molar-refractivity contribution in [3.8, 4) is 6.07 Å². The second-order valence-corrected chi connectivity index (χ2v) is 8.09. The summed E-state index contributed by atoms with van der Waals surface area (Å²) >= 11 is 0. The molecule has 1 N–H and O–H groups in total. The average molecular weight is 371 g/mol. The number of rotatable bonds is 3. The van der Waals surface area contributed by atoms with E-state index in [1.54, 1.807) is 29.4 Å². The minimum absolute atomic E-state index is 0. The van der Waals surface area contributed by atoms with Crippen LogP contribution < -0.4 is 5.32 Å². The third-order valence-electron chi connectivity index (χ3n) is 4.75. The van der Waals surface area contributed by atoms with E-state index in [0.29, 0.717) is 35.2 Å². The molecule has 24 heavy (non-hydrogen) atoms. The molecule has 2 heterocycles. The number of nitrogens with one attached hydrogen (secondary N) is 1. The molecular weight excluding hydrogens is 348 g/mol. The van der Waals surface area contributed by atoms with Gasteiger partial charge in [-0.3, -0.25) is 4.90 Å². The van der Waals surface area contributed by atoms with Crippen LogP contribution in [-0.2, 0) is 10.0 Å². The van der Waals surface area contributed by atoms with E-state index >= 15 is 0 Å². The van der Waals surface area contributed by atoms with E-state index in [-0.39, 0.29) is 12.4 Å². The Hall–Kier alpha value is -1.17. The number of aryl methyl sites for hydroxylation is 1. The van der Waals surface area contributed by atoms with Crippen LogP contribution in [0.15, 0.2) is 23.1 Å². The summed E-state index contributed by atoms with van der Waals surface area (Å²) in [7, 11) is -3.48. The summed E-state index contributed by atoms with van der Waals surface area (Å²) in [6.45, 7) is 6.40. The van der Waals surface area contributed by atoms with Gasteiger partial charge < -0.3 is 5.32 Å². The lowest BCUT2D eigenvalue weighted by molar-refractivity contribution is 0.145. The van der Waals surface area contributed by atoms with E-state index in [2.05, 4.69) is 10.2 Å². The first kappa shape index (κ1) is 19.2. The average Bonchev–Trinajstić information content (AvgIpc) is 3.09. The van der Waals surface area contributed by atoms with Crippen LogP contribution in [0.4, 0.5) is 0 Å². The van der Waals surface area contributed by atoms with Gasteiger partial charge in [0.2, 0.25) is 10.0 Å². The smallest absolute Gasteiger partial charge is 0.243 e. The summed E-state index contributed by atoms with van der Waals surface area (Å²) in [4.78, 5) is 2.70. The van der Waals surface area contributed by atoms with Crippen molar-refractivity contribution in [2.75, 3.05) is 39.3 Å². The SMILES string of the molecule is Cc1cc(C#N)ccc1S(=O)(=O)N1CCN(C2CCNC2)CC1.Cl. The van der Waals surface area contributed by atoms with Gasteiger partial charge in [0.25, 0.3) is 0 Å². The van der Waals surface area contributed by atoms with Crippen LogP contribution in [-0.4, -0.2) is 62.9 Å². The fourth-order valence-electron chi connectivity index (χ4n) is 3.41. The Labute approximate surface area is 149 Å². The van der Waals surface area contributed by atoms with Crippen LogP contribution >= 0.6 is 12.4 Å². The molecule has 3 rings (SSSR count). The predicted molar refractivity (Wildman–Crippen MR) is 94.7 cm³/mol. The van der Waals surface area contributed by atoms with Crippen LogP contribution in [0.3, 0.4) is 0 Å². The summed E-state index contributed by atoms with van der Waals surface area (Å²) in [5.41, 5.74) is 1.12. The molecule has 2 aliphatic rings. The fourth-order valence-corrected chi connectivity index (χ4v) is 5.04. The standard InChI is InChI=1S/C16H22N4O2S.ClH/c1-13-10-14(11-17)2-3-16(13)23(21,22)20-8-6-19(7-9-20)15-4-5-18-12-15;/h2-3,10,15,18H,4-9,12H2,1H3;1H. The molecule has 8 heteroatoms. The molecule has 0 radical (unpaired) electrons. The van der Waals surface area contributed by atoms with Gasteiger partial charge in [-0.15, -0.1) is 12.4 Å². The second-order valence-electron chi connectivity index (χ2n) is 6.18. The van der Waals surface area contributed by atoms with Crippen molar-refractivity contribution in [3.05, 3.63) is 29.3 Å². The van der Waals surface area contributed by atoms with Gasteiger partial charge in [-0.2, -0.15) is 9.57 Å². The van der Waals surface area contributed by atoms with Crippen molar-refractivity contribution in [2.24, 2.45) is 0 Å². The summed E-state index contributed by atoms with van der Waals surface area (Å²) in [5, 5.41) is 12.3. The molecule has 0 aromatic heterocycles. The third kappa shape index (κ3) is 3.73. The number of benzene rings is 1. The van der Waals surface area contributed by atoms with E-state index in [4.69, 9.17) is 5.26 Å². The highest BCUT2D eigenvalue weighted by Crippen LogP contribution is 2.23. The van der Waals surface area contributed by atoms with Gasteiger partial charge in [-0.25, -0.2) is 8.42 Å². The van der Waals surface area contributed by atoms with Gasteiger partial charge >= 0.3 is 0 Å². The Morgan fingerprint density at radius 2 is 1.96 bits per heavy atom. The number of sulfonamides is 1. The topological polar surface area (TPSA) is 76.4 Å². The molecule has 0 spiro atoms. The number of halogens is 1. The van der Waals surface area contributed by atoms with Crippen molar-refractivity contribution >= 4 is 22.4 Å². The van der Waals surface area contributed by atoms with E-state index < -0.39 is 10.0 Å². The highest BCUT2D eigenvalue weighted by Gasteiger charge is 2.32. The molecule has 1 aromatic rings. The summed E-state index contributed by atoms with van der Waals surface area (Å²) in [6.07, 6.45) is 1.14. The zero-order chi connectivity index (χ0) is 16.4.